The SMILES string of the molecule is CN1CCN(N2CCN(c3cnc4c(-c5ccnc6cccnc56)cnn4c3)CC2)CC1. The summed E-state index contributed by atoms with van der Waals surface area (Å²) < 4.78 is 1.88. The maximum atomic E-state index is 4.80. The summed E-state index contributed by atoms with van der Waals surface area (Å²) in [5, 5.41) is 9.65. The van der Waals surface area contributed by atoms with E-state index < -0.39 is 0 Å². The van der Waals surface area contributed by atoms with E-state index in [0.717, 1.165) is 85.9 Å². The second-order valence-corrected chi connectivity index (χ2v) is 8.57. The van der Waals surface area contributed by atoms with Crippen LogP contribution in [0.3, 0.4) is 0 Å². The van der Waals surface area contributed by atoms with Crippen LogP contribution in [0.2, 0.25) is 0 Å². The molecule has 0 radical (unpaired) electrons. The van der Waals surface area contributed by atoms with Crippen molar-refractivity contribution in [3.05, 3.63) is 49.2 Å². The topological polar surface area (TPSA) is 68.9 Å². The van der Waals surface area contributed by atoms with Crippen molar-refractivity contribution in [1.82, 2.24) is 39.5 Å². The third-order valence-electron chi connectivity index (χ3n) is 6.63. The van der Waals surface area contributed by atoms with Crippen LogP contribution in [0, 0.1) is 0 Å². The Kier molecular flexibility index (Phi) is 4.94. The Morgan fingerprint density at radius 1 is 0.750 bits per heavy atom. The van der Waals surface area contributed by atoms with E-state index in [2.05, 4.69) is 48.1 Å². The van der Waals surface area contributed by atoms with E-state index in [1.54, 1.807) is 6.20 Å². The second kappa shape index (κ2) is 8.09. The van der Waals surface area contributed by atoms with Gasteiger partial charge in [0.15, 0.2) is 5.65 Å². The van der Waals surface area contributed by atoms with Gasteiger partial charge in [0.25, 0.3) is 0 Å². The lowest BCUT2D eigenvalue weighted by Gasteiger charge is -2.44. The molecule has 0 spiro atoms. The van der Waals surface area contributed by atoms with Crippen LogP contribution in [-0.2, 0) is 0 Å². The molecular formula is C23H27N9. The Hall–Kier alpha value is -3.14. The fraction of sp³-hybridized carbons (Fsp3) is 0.391. The van der Waals surface area contributed by atoms with Crippen molar-refractivity contribution in [2.45, 2.75) is 0 Å². The van der Waals surface area contributed by atoms with E-state index in [-0.39, 0.29) is 0 Å². The van der Waals surface area contributed by atoms with Gasteiger partial charge in [-0.1, -0.05) is 0 Å². The number of nitrogens with zero attached hydrogens (tertiary/aromatic N) is 9. The molecule has 9 nitrogen and oxygen atoms in total. The van der Waals surface area contributed by atoms with Crippen LogP contribution in [0.15, 0.2) is 49.2 Å². The molecule has 4 aromatic heterocycles. The molecule has 0 N–H and O–H groups in total. The highest BCUT2D eigenvalue weighted by Crippen LogP contribution is 2.29. The Morgan fingerprint density at radius 3 is 2.34 bits per heavy atom. The van der Waals surface area contributed by atoms with Crippen LogP contribution in [0.1, 0.15) is 0 Å². The number of pyridine rings is 2. The highest BCUT2D eigenvalue weighted by Gasteiger charge is 2.25. The number of piperazine rings is 2. The highest BCUT2D eigenvalue weighted by molar-refractivity contribution is 5.94. The summed E-state index contributed by atoms with van der Waals surface area (Å²) in [6.45, 7) is 8.60. The summed E-state index contributed by atoms with van der Waals surface area (Å²) >= 11 is 0. The van der Waals surface area contributed by atoms with Gasteiger partial charge >= 0.3 is 0 Å². The predicted octanol–water partition coefficient (Wildman–Crippen LogP) is 1.62. The first-order valence-corrected chi connectivity index (χ1v) is 11.2. The summed E-state index contributed by atoms with van der Waals surface area (Å²) in [5.41, 5.74) is 5.68. The first-order valence-electron chi connectivity index (χ1n) is 11.2. The van der Waals surface area contributed by atoms with Gasteiger partial charge in [-0.2, -0.15) is 5.10 Å². The van der Waals surface area contributed by atoms with Gasteiger partial charge in [-0.25, -0.2) is 19.5 Å². The Bertz CT molecular complexity index is 1230. The van der Waals surface area contributed by atoms with Gasteiger partial charge in [0.2, 0.25) is 0 Å². The first-order chi connectivity index (χ1) is 15.8. The zero-order chi connectivity index (χ0) is 21.5. The predicted molar refractivity (Wildman–Crippen MR) is 124 cm³/mol. The molecule has 0 unspecified atom stereocenters. The number of hydrogen-bond donors (Lipinski definition) is 0. The Morgan fingerprint density at radius 2 is 1.53 bits per heavy atom. The quantitative estimate of drug-likeness (QED) is 0.487. The summed E-state index contributed by atoms with van der Waals surface area (Å²) in [4.78, 5) is 18.6. The van der Waals surface area contributed by atoms with Gasteiger partial charge in [0.1, 0.15) is 0 Å². The molecular weight excluding hydrogens is 402 g/mol. The van der Waals surface area contributed by atoms with Gasteiger partial charge in [-0.15, -0.1) is 0 Å². The molecule has 9 heteroatoms. The molecule has 32 heavy (non-hydrogen) atoms. The maximum absolute atomic E-state index is 4.80. The number of rotatable bonds is 3. The normalized spacial score (nSPS) is 19.2. The first kappa shape index (κ1) is 19.5. The van der Waals surface area contributed by atoms with Crippen molar-refractivity contribution in [2.75, 3.05) is 64.3 Å². The standard InChI is InChI=1S/C23H27N9/c1-28-7-11-30(12-8-28)31-13-9-29(10-14-31)18-15-26-23-20(16-27-32(23)17-18)19-4-6-24-21-3-2-5-25-22(19)21/h2-6,15-17H,7-14H2,1H3. The minimum Gasteiger partial charge on any atom is -0.366 e. The Balaban J connectivity index is 1.22. The number of hydrogen-bond acceptors (Lipinski definition) is 8. The lowest BCUT2D eigenvalue weighted by atomic mass is 10.1. The van der Waals surface area contributed by atoms with Gasteiger partial charge in [0, 0.05) is 75.9 Å². The average molecular weight is 430 g/mol. The van der Waals surface area contributed by atoms with Crippen LogP contribution >= 0.6 is 0 Å². The number of hydrazine groups is 1. The molecule has 0 amide bonds. The van der Waals surface area contributed by atoms with Crippen molar-refractivity contribution >= 4 is 22.4 Å². The summed E-state index contributed by atoms with van der Waals surface area (Å²) in [5.74, 6) is 0. The molecule has 2 aliphatic rings. The maximum Gasteiger partial charge on any atom is 0.163 e. The van der Waals surface area contributed by atoms with Gasteiger partial charge < -0.3 is 9.80 Å². The van der Waals surface area contributed by atoms with Crippen LogP contribution in [0.4, 0.5) is 5.69 Å². The smallest absolute Gasteiger partial charge is 0.163 e. The molecule has 0 bridgehead atoms. The van der Waals surface area contributed by atoms with E-state index >= 15 is 0 Å². The minimum atomic E-state index is 0.836. The van der Waals surface area contributed by atoms with Gasteiger partial charge in [-0.3, -0.25) is 9.97 Å². The average Bonchev–Trinajstić information content (AvgIpc) is 3.27. The van der Waals surface area contributed by atoms with Crippen LogP contribution in [0.5, 0.6) is 0 Å². The third kappa shape index (κ3) is 3.48. The molecule has 0 aromatic carbocycles. The zero-order valence-electron chi connectivity index (χ0n) is 18.3. The van der Waals surface area contributed by atoms with Crippen molar-refractivity contribution in [3.63, 3.8) is 0 Å². The van der Waals surface area contributed by atoms with Crippen molar-refractivity contribution in [3.8, 4) is 11.1 Å². The van der Waals surface area contributed by atoms with E-state index in [4.69, 9.17) is 4.98 Å². The lowest BCUT2D eigenvalue weighted by molar-refractivity contribution is -0.0564. The van der Waals surface area contributed by atoms with E-state index in [0.29, 0.717) is 0 Å². The molecule has 0 aliphatic carbocycles. The van der Waals surface area contributed by atoms with E-state index in [1.807, 2.05) is 41.3 Å². The molecule has 4 aromatic rings. The Labute approximate surface area is 186 Å². The lowest BCUT2D eigenvalue weighted by Crippen LogP contribution is -2.58. The molecule has 0 saturated carbocycles. The fourth-order valence-corrected chi connectivity index (χ4v) is 4.73. The van der Waals surface area contributed by atoms with Crippen LogP contribution < -0.4 is 4.90 Å². The molecule has 6 rings (SSSR count). The zero-order valence-corrected chi connectivity index (χ0v) is 18.3. The summed E-state index contributed by atoms with van der Waals surface area (Å²) in [6, 6.07) is 5.87. The monoisotopic (exact) mass is 429 g/mol. The number of likely N-dealkylation sites (N-methyl/N-ethyl adjacent to an activating group) is 1. The van der Waals surface area contributed by atoms with Crippen LogP contribution in [0.25, 0.3) is 27.8 Å². The summed E-state index contributed by atoms with van der Waals surface area (Å²) in [6.07, 6.45) is 9.56. The van der Waals surface area contributed by atoms with Gasteiger partial charge in [0.05, 0.1) is 35.3 Å². The molecule has 6 heterocycles. The largest absolute Gasteiger partial charge is 0.366 e. The minimum absolute atomic E-state index is 0.836. The summed E-state index contributed by atoms with van der Waals surface area (Å²) in [7, 11) is 2.20. The van der Waals surface area contributed by atoms with E-state index in [9.17, 15) is 0 Å². The van der Waals surface area contributed by atoms with Crippen LogP contribution in [-0.4, -0.2) is 98.9 Å². The molecule has 164 valence electrons. The van der Waals surface area contributed by atoms with Crippen molar-refractivity contribution in [2.24, 2.45) is 0 Å². The van der Waals surface area contributed by atoms with Gasteiger partial charge in [-0.05, 0) is 25.2 Å². The molecule has 2 aliphatic heterocycles. The molecule has 0 atom stereocenters. The van der Waals surface area contributed by atoms with Crippen molar-refractivity contribution < 1.29 is 0 Å². The number of fused-ring (bicyclic) bond motifs is 2. The molecule has 2 saturated heterocycles. The fourth-order valence-electron chi connectivity index (χ4n) is 4.73. The third-order valence-corrected chi connectivity index (χ3v) is 6.63. The number of aromatic nitrogens is 5. The second-order valence-electron chi connectivity index (χ2n) is 8.57. The highest BCUT2D eigenvalue weighted by atomic mass is 15.6. The van der Waals surface area contributed by atoms with E-state index in [1.165, 1.54) is 0 Å². The van der Waals surface area contributed by atoms with Crippen molar-refractivity contribution in [1.29, 1.82) is 0 Å². The molecule has 2 fully saturated rings. The number of anilines is 1.